The van der Waals surface area contributed by atoms with E-state index in [1.165, 1.54) is 0 Å². The summed E-state index contributed by atoms with van der Waals surface area (Å²) >= 11 is 0. The van der Waals surface area contributed by atoms with Crippen molar-refractivity contribution < 1.29 is 0 Å². The second kappa shape index (κ2) is 6.04. The number of nitrogens with one attached hydrogen (secondary N) is 2. The van der Waals surface area contributed by atoms with Crippen LogP contribution in [0.5, 0.6) is 0 Å². The van der Waals surface area contributed by atoms with Crippen molar-refractivity contribution in [3.05, 3.63) is 0 Å². The first-order chi connectivity index (χ1) is 8.37. The van der Waals surface area contributed by atoms with Gasteiger partial charge < -0.3 is 5.32 Å². The van der Waals surface area contributed by atoms with E-state index in [1.807, 2.05) is 27.7 Å². The maximum absolute atomic E-state index is 4.41. The number of nitrogens with zero attached hydrogens (tertiary/aromatic N) is 4. The lowest BCUT2D eigenvalue weighted by atomic mass is 10.1. The molecule has 0 unspecified atom stereocenters. The predicted molar refractivity (Wildman–Crippen MR) is 75.7 cm³/mol. The summed E-state index contributed by atoms with van der Waals surface area (Å²) in [5, 5.41) is 15.3. The van der Waals surface area contributed by atoms with Gasteiger partial charge in [0, 0.05) is 13.1 Å². The van der Waals surface area contributed by atoms with Crippen molar-refractivity contribution >= 4 is 12.6 Å². The number of hydrogen-bond acceptors (Lipinski definition) is 6. The normalized spacial score (nSPS) is 16.8. The molecule has 0 saturated carbocycles. The van der Waals surface area contributed by atoms with Crippen molar-refractivity contribution in [2.45, 2.75) is 38.9 Å². The lowest BCUT2D eigenvalue weighted by Crippen LogP contribution is -2.41. The van der Waals surface area contributed by atoms with E-state index < -0.39 is 11.2 Å². The molecule has 0 amide bonds. The minimum atomic E-state index is -0.402. The molecule has 0 aliphatic carbocycles. The molecule has 0 fully saturated rings. The summed E-state index contributed by atoms with van der Waals surface area (Å²) in [6, 6.07) is 0. The molecule has 18 heavy (non-hydrogen) atoms. The smallest absolute Gasteiger partial charge is 0.133 e. The third-order valence-corrected chi connectivity index (χ3v) is 2.63. The minimum Gasteiger partial charge on any atom is -0.370 e. The van der Waals surface area contributed by atoms with Gasteiger partial charge in [-0.25, -0.2) is 0 Å². The highest BCUT2D eigenvalue weighted by molar-refractivity contribution is 5.92. The lowest BCUT2D eigenvalue weighted by Gasteiger charge is -2.24. The van der Waals surface area contributed by atoms with Gasteiger partial charge in [-0.3, -0.25) is 15.3 Å². The Kier molecular flexibility index (Phi) is 4.95. The monoisotopic (exact) mass is 252 g/mol. The van der Waals surface area contributed by atoms with Crippen LogP contribution in [0.4, 0.5) is 0 Å². The molecule has 1 rings (SSSR count). The summed E-state index contributed by atoms with van der Waals surface area (Å²) in [6.45, 7) is 14.6. The summed E-state index contributed by atoms with van der Waals surface area (Å²) in [6.07, 6.45) is 0. The van der Waals surface area contributed by atoms with Crippen molar-refractivity contribution in [1.29, 1.82) is 0 Å². The van der Waals surface area contributed by atoms with Gasteiger partial charge in [0.1, 0.15) is 17.0 Å². The van der Waals surface area contributed by atoms with E-state index in [0.717, 1.165) is 25.5 Å². The predicted octanol–water partition coefficient (Wildman–Crippen LogP) is 1.25. The van der Waals surface area contributed by atoms with Crippen molar-refractivity contribution in [2.75, 3.05) is 26.2 Å². The van der Waals surface area contributed by atoms with E-state index >= 15 is 0 Å². The van der Waals surface area contributed by atoms with Gasteiger partial charge in [0.2, 0.25) is 0 Å². The summed E-state index contributed by atoms with van der Waals surface area (Å²) in [7, 11) is 0. The molecular weight excluding hydrogens is 228 g/mol. The molecule has 6 heteroatoms. The van der Waals surface area contributed by atoms with Crippen molar-refractivity contribution in [2.24, 2.45) is 20.2 Å². The second-order valence-corrected chi connectivity index (χ2v) is 5.35. The molecule has 0 atom stereocenters. The largest absolute Gasteiger partial charge is 0.370 e. The van der Waals surface area contributed by atoms with Crippen LogP contribution >= 0.6 is 0 Å². The van der Waals surface area contributed by atoms with E-state index in [0.29, 0.717) is 6.54 Å². The maximum Gasteiger partial charge on any atom is 0.133 e. The molecular formula is C12H24N6. The van der Waals surface area contributed by atoms with Crippen molar-refractivity contribution in [3.8, 4) is 0 Å². The van der Waals surface area contributed by atoms with E-state index in [1.54, 1.807) is 0 Å². The Morgan fingerprint density at radius 1 is 1.33 bits per heavy atom. The van der Waals surface area contributed by atoms with Gasteiger partial charge in [0.15, 0.2) is 0 Å². The maximum atomic E-state index is 4.41. The molecule has 1 heterocycles. The SMILES string of the molecule is C=NCCNC(C)(C)N=NC(C)(C)C1=NCCN1. The van der Waals surface area contributed by atoms with Crippen LogP contribution in [0.15, 0.2) is 20.2 Å². The van der Waals surface area contributed by atoms with Crippen LogP contribution in [0.1, 0.15) is 27.7 Å². The van der Waals surface area contributed by atoms with Gasteiger partial charge in [-0.1, -0.05) is 0 Å². The van der Waals surface area contributed by atoms with Crippen molar-refractivity contribution in [3.63, 3.8) is 0 Å². The van der Waals surface area contributed by atoms with Gasteiger partial charge in [-0.05, 0) is 34.4 Å². The number of azo groups is 1. The summed E-state index contributed by atoms with van der Waals surface area (Å²) in [4.78, 5) is 8.19. The van der Waals surface area contributed by atoms with E-state index in [4.69, 9.17) is 0 Å². The van der Waals surface area contributed by atoms with Crippen LogP contribution < -0.4 is 10.6 Å². The highest BCUT2D eigenvalue weighted by Gasteiger charge is 2.28. The van der Waals surface area contributed by atoms with Crippen LogP contribution in [-0.2, 0) is 0 Å². The van der Waals surface area contributed by atoms with Gasteiger partial charge in [0.05, 0.1) is 13.1 Å². The molecule has 0 aromatic rings. The van der Waals surface area contributed by atoms with Crippen LogP contribution in [-0.4, -0.2) is 49.9 Å². The zero-order valence-corrected chi connectivity index (χ0v) is 11.8. The second-order valence-electron chi connectivity index (χ2n) is 5.35. The molecule has 0 spiro atoms. The zero-order chi connectivity index (χ0) is 13.6. The Hall–Kier alpha value is -1.30. The average Bonchev–Trinajstić information content (AvgIpc) is 2.81. The molecule has 0 aromatic heterocycles. The first kappa shape index (κ1) is 14.8. The summed E-state index contributed by atoms with van der Waals surface area (Å²) in [5.41, 5.74) is -0.798. The van der Waals surface area contributed by atoms with Crippen LogP contribution in [0.3, 0.4) is 0 Å². The van der Waals surface area contributed by atoms with Gasteiger partial charge >= 0.3 is 0 Å². The summed E-state index contributed by atoms with van der Waals surface area (Å²) in [5.74, 6) is 0.912. The Balaban J connectivity index is 2.57. The third kappa shape index (κ3) is 4.52. The molecule has 1 aliphatic heterocycles. The summed E-state index contributed by atoms with van der Waals surface area (Å²) < 4.78 is 0. The van der Waals surface area contributed by atoms with Gasteiger partial charge in [-0.15, -0.1) is 0 Å². The fraction of sp³-hybridized carbons (Fsp3) is 0.833. The van der Waals surface area contributed by atoms with Crippen LogP contribution in [0.2, 0.25) is 0 Å². The molecule has 6 nitrogen and oxygen atoms in total. The highest BCUT2D eigenvalue weighted by Crippen LogP contribution is 2.16. The minimum absolute atomic E-state index is 0.397. The molecule has 102 valence electrons. The number of amidine groups is 1. The Bertz CT molecular complexity index is 342. The van der Waals surface area contributed by atoms with Crippen LogP contribution in [0, 0.1) is 0 Å². The van der Waals surface area contributed by atoms with Gasteiger partial charge in [0.25, 0.3) is 0 Å². The average molecular weight is 252 g/mol. The van der Waals surface area contributed by atoms with E-state index in [-0.39, 0.29) is 0 Å². The quantitative estimate of drug-likeness (QED) is 0.406. The third-order valence-electron chi connectivity index (χ3n) is 2.63. The van der Waals surface area contributed by atoms with Gasteiger partial charge in [-0.2, -0.15) is 10.2 Å². The molecule has 0 bridgehead atoms. The van der Waals surface area contributed by atoms with E-state index in [9.17, 15) is 0 Å². The molecule has 2 N–H and O–H groups in total. The Labute approximate surface area is 109 Å². The lowest BCUT2D eigenvalue weighted by molar-refractivity contribution is 0.378. The van der Waals surface area contributed by atoms with E-state index in [2.05, 4.69) is 37.6 Å². The first-order valence-electron chi connectivity index (χ1n) is 6.28. The molecule has 1 aliphatic rings. The zero-order valence-electron chi connectivity index (χ0n) is 11.8. The molecule has 0 radical (unpaired) electrons. The Morgan fingerprint density at radius 2 is 2.06 bits per heavy atom. The van der Waals surface area contributed by atoms with Crippen LogP contribution in [0.25, 0.3) is 0 Å². The molecule has 0 aromatic carbocycles. The first-order valence-corrected chi connectivity index (χ1v) is 6.28. The Morgan fingerprint density at radius 3 is 2.61 bits per heavy atom. The fourth-order valence-electron chi connectivity index (χ4n) is 1.58. The highest BCUT2D eigenvalue weighted by atomic mass is 15.3. The standard InChI is InChI=1S/C12H24N6/c1-11(2,10-14-7-8-15-10)17-18-12(3,4)16-9-6-13-5/h16H,5-9H2,1-4H3,(H,14,15). The molecule has 0 saturated heterocycles. The number of hydrogen-bond donors (Lipinski definition) is 2. The number of aliphatic imine (C=N–C) groups is 2. The van der Waals surface area contributed by atoms with Crippen molar-refractivity contribution in [1.82, 2.24) is 10.6 Å². The topological polar surface area (TPSA) is 73.5 Å². The number of rotatable bonds is 7. The fourth-order valence-corrected chi connectivity index (χ4v) is 1.58.